The van der Waals surface area contributed by atoms with Crippen LogP contribution < -0.4 is 10.2 Å². The zero-order valence-electron chi connectivity index (χ0n) is 13.2. The third-order valence-corrected chi connectivity index (χ3v) is 5.43. The minimum atomic E-state index is 0.264. The Bertz CT molecular complexity index is 454. The van der Waals surface area contributed by atoms with E-state index in [0.717, 1.165) is 13.1 Å². The lowest BCUT2D eigenvalue weighted by Crippen LogP contribution is -2.64. The van der Waals surface area contributed by atoms with Gasteiger partial charge in [0, 0.05) is 34.8 Å². The Hall–Kier alpha value is -0.540. The molecule has 1 aliphatic heterocycles. The highest BCUT2D eigenvalue weighted by atomic mass is 79.9. The van der Waals surface area contributed by atoms with Gasteiger partial charge in [-0.2, -0.15) is 0 Å². The molecule has 1 aromatic rings. The Balaban J connectivity index is 2.36. The van der Waals surface area contributed by atoms with Crippen LogP contribution in [-0.2, 0) is 0 Å². The van der Waals surface area contributed by atoms with Crippen molar-refractivity contribution in [3.8, 4) is 0 Å². The maximum absolute atomic E-state index is 3.81. The van der Waals surface area contributed by atoms with Crippen molar-refractivity contribution in [1.29, 1.82) is 0 Å². The third kappa shape index (κ3) is 3.04. The Labute approximate surface area is 132 Å². The van der Waals surface area contributed by atoms with Crippen molar-refractivity contribution in [1.82, 2.24) is 5.32 Å². The van der Waals surface area contributed by atoms with Gasteiger partial charge in [0.2, 0.25) is 0 Å². The van der Waals surface area contributed by atoms with Gasteiger partial charge >= 0.3 is 0 Å². The molecule has 1 N–H and O–H groups in total. The van der Waals surface area contributed by atoms with Crippen molar-refractivity contribution in [3.05, 3.63) is 28.2 Å². The van der Waals surface area contributed by atoms with Crippen LogP contribution in [0.1, 0.15) is 45.6 Å². The molecule has 1 saturated heterocycles. The Morgan fingerprint density at radius 2 is 2.00 bits per heavy atom. The van der Waals surface area contributed by atoms with Gasteiger partial charge in [0.05, 0.1) is 0 Å². The predicted molar refractivity (Wildman–Crippen MR) is 91.6 cm³/mol. The summed E-state index contributed by atoms with van der Waals surface area (Å²) >= 11 is 3.63. The molecule has 20 heavy (non-hydrogen) atoms. The number of nitrogens with zero attached hydrogens (tertiary/aromatic N) is 1. The Kier molecular flexibility index (Phi) is 5.14. The highest BCUT2D eigenvalue weighted by Gasteiger charge is 2.36. The molecule has 1 fully saturated rings. The second-order valence-electron chi connectivity index (χ2n) is 5.99. The van der Waals surface area contributed by atoms with Gasteiger partial charge in [-0.15, -0.1) is 0 Å². The van der Waals surface area contributed by atoms with Gasteiger partial charge in [-0.05, 0) is 43.9 Å². The zero-order chi connectivity index (χ0) is 14.8. The molecule has 0 bridgehead atoms. The number of benzene rings is 1. The lowest BCUT2D eigenvalue weighted by atomic mass is 9.87. The van der Waals surface area contributed by atoms with Gasteiger partial charge in [0.1, 0.15) is 0 Å². The molecular weight excluding hydrogens is 312 g/mol. The van der Waals surface area contributed by atoms with Crippen LogP contribution in [0.2, 0.25) is 0 Å². The standard InChI is InChI=1S/C17H27BrN2/c1-5-15-11-19-17(6-2,7-3)12-20(15)16-10-14(18)9-8-13(16)4/h8-10,15,19H,5-7,11-12H2,1-4H3. The van der Waals surface area contributed by atoms with E-state index in [4.69, 9.17) is 0 Å². The third-order valence-electron chi connectivity index (χ3n) is 4.93. The molecule has 1 aromatic carbocycles. The van der Waals surface area contributed by atoms with Crippen LogP contribution in [0.5, 0.6) is 0 Å². The molecule has 2 rings (SSSR count). The number of aryl methyl sites for hydroxylation is 1. The fraction of sp³-hybridized carbons (Fsp3) is 0.647. The van der Waals surface area contributed by atoms with E-state index in [1.54, 1.807) is 0 Å². The fourth-order valence-corrected chi connectivity index (χ4v) is 3.57. The molecular formula is C17H27BrN2. The number of rotatable bonds is 4. The smallest absolute Gasteiger partial charge is 0.0413 e. The molecule has 0 aliphatic carbocycles. The van der Waals surface area contributed by atoms with E-state index >= 15 is 0 Å². The van der Waals surface area contributed by atoms with Crippen LogP contribution in [0, 0.1) is 6.92 Å². The average molecular weight is 339 g/mol. The van der Waals surface area contributed by atoms with E-state index in [1.165, 1.54) is 35.0 Å². The molecule has 0 aromatic heterocycles. The summed E-state index contributed by atoms with van der Waals surface area (Å²) in [6.07, 6.45) is 3.55. The first kappa shape index (κ1) is 15.8. The summed E-state index contributed by atoms with van der Waals surface area (Å²) in [7, 11) is 0. The summed E-state index contributed by atoms with van der Waals surface area (Å²) in [6, 6.07) is 7.22. The van der Waals surface area contributed by atoms with Gasteiger partial charge < -0.3 is 10.2 Å². The molecule has 1 aliphatic rings. The summed E-state index contributed by atoms with van der Waals surface area (Å²) < 4.78 is 1.17. The van der Waals surface area contributed by atoms with E-state index in [-0.39, 0.29) is 5.54 Å². The minimum absolute atomic E-state index is 0.264. The number of halogens is 1. The molecule has 3 heteroatoms. The Morgan fingerprint density at radius 1 is 1.30 bits per heavy atom. The molecule has 1 heterocycles. The van der Waals surface area contributed by atoms with Crippen LogP contribution in [0.4, 0.5) is 5.69 Å². The maximum atomic E-state index is 3.81. The summed E-state index contributed by atoms with van der Waals surface area (Å²) in [5.41, 5.74) is 3.02. The second-order valence-corrected chi connectivity index (χ2v) is 6.90. The van der Waals surface area contributed by atoms with Gasteiger partial charge in [0.15, 0.2) is 0 Å². The normalized spacial score (nSPS) is 22.1. The molecule has 0 radical (unpaired) electrons. The summed E-state index contributed by atoms with van der Waals surface area (Å²) in [6.45, 7) is 11.3. The topological polar surface area (TPSA) is 15.3 Å². The lowest BCUT2D eigenvalue weighted by Gasteiger charge is -2.49. The fourth-order valence-electron chi connectivity index (χ4n) is 3.22. The van der Waals surface area contributed by atoms with E-state index < -0.39 is 0 Å². The first-order chi connectivity index (χ1) is 9.55. The first-order valence-corrected chi connectivity index (χ1v) is 8.62. The molecule has 0 amide bonds. The molecule has 112 valence electrons. The Morgan fingerprint density at radius 3 is 2.60 bits per heavy atom. The number of nitrogens with one attached hydrogen (secondary N) is 1. The quantitative estimate of drug-likeness (QED) is 0.869. The van der Waals surface area contributed by atoms with Crippen LogP contribution in [0.3, 0.4) is 0 Å². The van der Waals surface area contributed by atoms with E-state index in [1.807, 2.05) is 0 Å². The molecule has 1 unspecified atom stereocenters. The summed E-state index contributed by atoms with van der Waals surface area (Å²) in [5.74, 6) is 0. The van der Waals surface area contributed by atoms with Crippen LogP contribution in [-0.4, -0.2) is 24.7 Å². The van der Waals surface area contributed by atoms with E-state index in [0.29, 0.717) is 6.04 Å². The molecule has 0 saturated carbocycles. The summed E-state index contributed by atoms with van der Waals surface area (Å²) in [5, 5.41) is 3.81. The monoisotopic (exact) mass is 338 g/mol. The number of hydrogen-bond acceptors (Lipinski definition) is 2. The van der Waals surface area contributed by atoms with Crippen LogP contribution in [0.15, 0.2) is 22.7 Å². The lowest BCUT2D eigenvalue weighted by molar-refractivity contribution is 0.246. The molecule has 1 atom stereocenters. The predicted octanol–water partition coefficient (Wildman–Crippen LogP) is 4.50. The van der Waals surface area contributed by atoms with Crippen molar-refractivity contribution in [2.75, 3.05) is 18.0 Å². The number of hydrogen-bond donors (Lipinski definition) is 1. The van der Waals surface area contributed by atoms with Gasteiger partial charge in [-0.25, -0.2) is 0 Å². The van der Waals surface area contributed by atoms with E-state index in [2.05, 4.69) is 72.0 Å². The largest absolute Gasteiger partial charge is 0.365 e. The highest BCUT2D eigenvalue weighted by Crippen LogP contribution is 2.32. The SMILES string of the molecule is CCC1CNC(CC)(CC)CN1c1cc(Br)ccc1C. The average Bonchev–Trinajstić information content (AvgIpc) is 2.49. The minimum Gasteiger partial charge on any atom is -0.365 e. The second kappa shape index (κ2) is 6.48. The zero-order valence-corrected chi connectivity index (χ0v) is 14.8. The molecule has 2 nitrogen and oxygen atoms in total. The number of anilines is 1. The number of piperazine rings is 1. The van der Waals surface area contributed by atoms with Crippen molar-refractivity contribution in [2.24, 2.45) is 0 Å². The van der Waals surface area contributed by atoms with Crippen LogP contribution in [0.25, 0.3) is 0 Å². The molecule has 0 spiro atoms. The van der Waals surface area contributed by atoms with E-state index in [9.17, 15) is 0 Å². The van der Waals surface area contributed by atoms with Crippen molar-refractivity contribution in [2.45, 2.75) is 58.5 Å². The van der Waals surface area contributed by atoms with Gasteiger partial charge in [0.25, 0.3) is 0 Å². The van der Waals surface area contributed by atoms with Gasteiger partial charge in [-0.3, -0.25) is 0 Å². The first-order valence-electron chi connectivity index (χ1n) is 7.83. The summed E-state index contributed by atoms with van der Waals surface area (Å²) in [4.78, 5) is 2.63. The van der Waals surface area contributed by atoms with Crippen LogP contribution >= 0.6 is 15.9 Å². The van der Waals surface area contributed by atoms with Crippen molar-refractivity contribution >= 4 is 21.6 Å². The highest BCUT2D eigenvalue weighted by molar-refractivity contribution is 9.10. The van der Waals surface area contributed by atoms with Gasteiger partial charge in [-0.1, -0.05) is 42.8 Å². The van der Waals surface area contributed by atoms with Crippen molar-refractivity contribution < 1.29 is 0 Å². The van der Waals surface area contributed by atoms with Crippen molar-refractivity contribution in [3.63, 3.8) is 0 Å². The maximum Gasteiger partial charge on any atom is 0.0413 e.